The van der Waals surface area contributed by atoms with Crippen LogP contribution in [0.15, 0.2) is 24.3 Å². The molecule has 2 N–H and O–H groups in total. The van der Waals surface area contributed by atoms with Crippen molar-refractivity contribution in [2.24, 2.45) is 0 Å². The van der Waals surface area contributed by atoms with Crippen LogP contribution in [0.25, 0.3) is 0 Å². The van der Waals surface area contributed by atoms with Crippen LogP contribution in [0.4, 0.5) is 10.5 Å². The number of hydrogen-bond acceptors (Lipinski definition) is 4. The molecule has 0 atom stereocenters. The monoisotopic (exact) mass is 359 g/mol. The number of nitrogens with one attached hydrogen (secondary N) is 1. The summed E-state index contributed by atoms with van der Waals surface area (Å²) in [4.78, 5) is 22.8. The van der Waals surface area contributed by atoms with Crippen LogP contribution >= 0.6 is 0 Å². The zero-order chi connectivity index (χ0) is 19.5. The molecule has 0 aliphatic carbocycles. The van der Waals surface area contributed by atoms with Gasteiger partial charge in [-0.1, -0.05) is 12.1 Å². The van der Waals surface area contributed by atoms with E-state index >= 15 is 0 Å². The Kier molecular flexibility index (Phi) is 5.69. The molecular weight excluding hydrogens is 334 g/mol. The molecule has 0 unspecified atom stereocenters. The lowest BCUT2D eigenvalue weighted by molar-refractivity contribution is -0.136. The van der Waals surface area contributed by atoms with Crippen molar-refractivity contribution < 1.29 is 19.4 Å². The van der Waals surface area contributed by atoms with Gasteiger partial charge in [0.05, 0.1) is 18.7 Å². The maximum Gasteiger partial charge on any atom is 0.412 e. The van der Waals surface area contributed by atoms with Gasteiger partial charge in [-0.3, -0.25) is 14.8 Å². The van der Waals surface area contributed by atoms with Crippen molar-refractivity contribution in [1.82, 2.24) is 9.78 Å². The predicted octanol–water partition coefficient (Wildman–Crippen LogP) is 3.52. The van der Waals surface area contributed by atoms with E-state index in [4.69, 9.17) is 9.84 Å². The molecule has 2 rings (SSSR count). The Morgan fingerprint density at radius 1 is 1.19 bits per heavy atom. The van der Waals surface area contributed by atoms with E-state index in [9.17, 15) is 9.59 Å². The third kappa shape index (κ3) is 5.34. The Hall–Kier alpha value is -2.83. The third-order valence-electron chi connectivity index (χ3n) is 3.79. The van der Waals surface area contributed by atoms with Gasteiger partial charge in [-0.25, -0.2) is 4.79 Å². The van der Waals surface area contributed by atoms with Gasteiger partial charge in [-0.05, 0) is 52.3 Å². The molecule has 26 heavy (non-hydrogen) atoms. The van der Waals surface area contributed by atoms with Crippen LogP contribution in [-0.4, -0.2) is 32.6 Å². The van der Waals surface area contributed by atoms with E-state index in [-0.39, 0.29) is 6.42 Å². The van der Waals surface area contributed by atoms with Crippen molar-refractivity contribution in [3.8, 4) is 0 Å². The van der Waals surface area contributed by atoms with Crippen molar-refractivity contribution in [3.05, 3.63) is 46.8 Å². The number of anilines is 1. The zero-order valence-corrected chi connectivity index (χ0v) is 15.8. The fourth-order valence-electron chi connectivity index (χ4n) is 2.58. The first-order valence-electron chi connectivity index (χ1n) is 8.39. The Bertz CT molecular complexity index is 801. The normalized spacial score (nSPS) is 11.3. The number of aryl methyl sites for hydroxylation is 1. The van der Waals surface area contributed by atoms with Crippen LogP contribution in [0.3, 0.4) is 0 Å². The fourth-order valence-corrected chi connectivity index (χ4v) is 2.58. The highest BCUT2D eigenvalue weighted by atomic mass is 16.6. The lowest BCUT2D eigenvalue weighted by atomic mass is 10.1. The van der Waals surface area contributed by atoms with Crippen LogP contribution in [-0.2, 0) is 22.5 Å². The number of amides is 1. The molecular formula is C19H25N3O4. The minimum absolute atomic E-state index is 0.0313. The largest absolute Gasteiger partial charge is 0.481 e. The number of nitrogens with zero attached hydrogens (tertiary/aromatic N) is 2. The lowest BCUT2D eigenvalue weighted by Gasteiger charge is -2.19. The smallest absolute Gasteiger partial charge is 0.412 e. The molecule has 1 aromatic heterocycles. The summed E-state index contributed by atoms with van der Waals surface area (Å²) in [5, 5.41) is 16.1. The van der Waals surface area contributed by atoms with E-state index in [1.807, 2.05) is 46.8 Å². The molecule has 0 aliphatic heterocycles. The second kappa shape index (κ2) is 7.59. The van der Waals surface area contributed by atoms with Crippen molar-refractivity contribution in [3.63, 3.8) is 0 Å². The number of rotatable bonds is 5. The molecule has 0 saturated heterocycles. The molecule has 0 radical (unpaired) electrons. The van der Waals surface area contributed by atoms with Gasteiger partial charge in [0.1, 0.15) is 5.60 Å². The molecule has 2 aromatic rings. The molecule has 1 amide bonds. The molecule has 1 aromatic carbocycles. The molecule has 0 fully saturated rings. The summed E-state index contributed by atoms with van der Waals surface area (Å²) in [6.07, 6.45) is -0.529. The number of ether oxygens (including phenoxy) is 1. The van der Waals surface area contributed by atoms with Gasteiger partial charge in [0.25, 0.3) is 0 Å². The Morgan fingerprint density at radius 3 is 2.35 bits per heavy atom. The number of carboxylic acid groups (broad SMARTS) is 1. The summed E-state index contributed by atoms with van der Waals surface area (Å²) in [5.41, 5.74) is 3.41. The minimum atomic E-state index is -0.867. The number of hydrogen-bond donors (Lipinski definition) is 2. The van der Waals surface area contributed by atoms with Crippen molar-refractivity contribution >= 4 is 17.7 Å². The summed E-state index contributed by atoms with van der Waals surface area (Å²) in [6, 6.07) is 7.37. The molecule has 0 bridgehead atoms. The molecule has 0 aliphatic rings. The number of carbonyl (C=O) groups excluding carboxylic acids is 1. The lowest BCUT2D eigenvalue weighted by Crippen LogP contribution is -2.27. The van der Waals surface area contributed by atoms with E-state index in [0.29, 0.717) is 12.2 Å². The maximum absolute atomic E-state index is 11.8. The first-order valence-corrected chi connectivity index (χ1v) is 8.39. The van der Waals surface area contributed by atoms with Gasteiger partial charge in [0, 0.05) is 16.9 Å². The number of aromatic nitrogens is 2. The zero-order valence-electron chi connectivity index (χ0n) is 15.8. The summed E-state index contributed by atoms with van der Waals surface area (Å²) in [6.45, 7) is 9.64. The van der Waals surface area contributed by atoms with Gasteiger partial charge >= 0.3 is 12.1 Å². The third-order valence-corrected chi connectivity index (χ3v) is 3.79. The SMILES string of the molecule is Cc1nn(Cc2ccc(NC(=O)OC(C)(C)C)cc2)c(C)c1CC(=O)O. The molecule has 7 heteroatoms. The Morgan fingerprint density at radius 2 is 1.81 bits per heavy atom. The highest BCUT2D eigenvalue weighted by Crippen LogP contribution is 2.17. The van der Waals surface area contributed by atoms with E-state index in [0.717, 1.165) is 22.5 Å². The summed E-state index contributed by atoms with van der Waals surface area (Å²) >= 11 is 0. The van der Waals surface area contributed by atoms with Crippen molar-refractivity contribution in [1.29, 1.82) is 0 Å². The van der Waals surface area contributed by atoms with E-state index in [1.54, 1.807) is 16.8 Å². The minimum Gasteiger partial charge on any atom is -0.481 e. The van der Waals surface area contributed by atoms with Crippen LogP contribution in [0, 0.1) is 13.8 Å². The number of aliphatic carboxylic acids is 1. The van der Waals surface area contributed by atoms with Gasteiger partial charge in [0.15, 0.2) is 0 Å². The van der Waals surface area contributed by atoms with Gasteiger partial charge in [-0.2, -0.15) is 5.10 Å². The molecule has 0 spiro atoms. The topological polar surface area (TPSA) is 93.5 Å². The predicted molar refractivity (Wildman–Crippen MR) is 98.4 cm³/mol. The van der Waals surface area contributed by atoms with E-state index in [2.05, 4.69) is 10.4 Å². The van der Waals surface area contributed by atoms with E-state index < -0.39 is 17.7 Å². The Labute approximate surface area is 153 Å². The van der Waals surface area contributed by atoms with Crippen molar-refractivity contribution in [2.45, 2.75) is 53.2 Å². The maximum atomic E-state index is 11.8. The first-order chi connectivity index (χ1) is 12.0. The van der Waals surface area contributed by atoms with Crippen LogP contribution in [0.5, 0.6) is 0 Å². The fraction of sp³-hybridized carbons (Fsp3) is 0.421. The average molecular weight is 359 g/mol. The van der Waals surface area contributed by atoms with Crippen LogP contribution in [0.2, 0.25) is 0 Å². The summed E-state index contributed by atoms with van der Waals surface area (Å²) < 4.78 is 7.01. The van der Waals surface area contributed by atoms with Crippen LogP contribution < -0.4 is 5.32 Å². The van der Waals surface area contributed by atoms with Gasteiger partial charge in [-0.15, -0.1) is 0 Å². The average Bonchev–Trinajstić information content (AvgIpc) is 2.74. The molecule has 7 nitrogen and oxygen atoms in total. The van der Waals surface area contributed by atoms with E-state index in [1.165, 1.54) is 0 Å². The molecule has 140 valence electrons. The Balaban J connectivity index is 2.06. The number of carbonyl (C=O) groups is 2. The van der Waals surface area contributed by atoms with Gasteiger partial charge in [0.2, 0.25) is 0 Å². The molecule has 1 heterocycles. The van der Waals surface area contributed by atoms with Crippen LogP contribution in [0.1, 0.15) is 43.3 Å². The first kappa shape index (κ1) is 19.5. The standard InChI is InChI=1S/C19H25N3O4/c1-12-16(10-17(23)24)13(2)22(21-12)11-14-6-8-15(9-7-14)20-18(25)26-19(3,4)5/h6-9H,10-11H2,1-5H3,(H,20,25)(H,23,24). The summed E-state index contributed by atoms with van der Waals surface area (Å²) in [5.74, 6) is -0.867. The molecule has 0 saturated carbocycles. The van der Waals surface area contributed by atoms with Gasteiger partial charge < -0.3 is 9.84 Å². The second-order valence-corrected chi connectivity index (χ2v) is 7.20. The summed E-state index contributed by atoms with van der Waals surface area (Å²) in [7, 11) is 0. The number of carboxylic acids is 1. The van der Waals surface area contributed by atoms with Crippen molar-refractivity contribution in [2.75, 3.05) is 5.32 Å². The highest BCUT2D eigenvalue weighted by Gasteiger charge is 2.17. The quantitative estimate of drug-likeness (QED) is 0.852. The second-order valence-electron chi connectivity index (χ2n) is 7.20. The highest BCUT2D eigenvalue weighted by molar-refractivity contribution is 5.84. The number of benzene rings is 1.